The van der Waals surface area contributed by atoms with Gasteiger partial charge in [-0.25, -0.2) is 4.98 Å². The molecule has 3 rings (SSSR count). The molecule has 0 radical (unpaired) electrons. The fourth-order valence-corrected chi connectivity index (χ4v) is 3.75. The van der Waals surface area contributed by atoms with Gasteiger partial charge in [-0.3, -0.25) is 4.79 Å². The number of hydrogen-bond donors (Lipinski definition) is 2. The monoisotopic (exact) mass is 410 g/mol. The largest absolute Gasteiger partial charge is 0.506 e. The number of hydrogen-bond acceptors (Lipinski definition) is 5. The molecule has 2 aromatic carbocycles. The SMILES string of the molecule is CCOc1ccccc1-c1nc(CC(=O)Nc2cc(C(C)(C)C)ccc2O)cs1. The maximum atomic E-state index is 12.5. The Kier molecular flexibility index (Phi) is 6.23. The van der Waals surface area contributed by atoms with Crippen molar-refractivity contribution in [3.05, 3.63) is 59.1 Å². The van der Waals surface area contributed by atoms with E-state index in [4.69, 9.17) is 4.74 Å². The van der Waals surface area contributed by atoms with E-state index in [0.29, 0.717) is 18.0 Å². The van der Waals surface area contributed by atoms with E-state index in [0.717, 1.165) is 21.9 Å². The van der Waals surface area contributed by atoms with Crippen LogP contribution in [0.1, 0.15) is 39.0 Å². The molecule has 5 nitrogen and oxygen atoms in total. The first-order chi connectivity index (χ1) is 13.8. The van der Waals surface area contributed by atoms with Gasteiger partial charge in [-0.2, -0.15) is 0 Å². The highest BCUT2D eigenvalue weighted by Crippen LogP contribution is 2.33. The summed E-state index contributed by atoms with van der Waals surface area (Å²) >= 11 is 1.48. The molecule has 0 aliphatic carbocycles. The van der Waals surface area contributed by atoms with Gasteiger partial charge in [0.2, 0.25) is 5.91 Å². The van der Waals surface area contributed by atoms with Gasteiger partial charge in [-0.1, -0.05) is 39.0 Å². The molecule has 1 aromatic heterocycles. The highest BCUT2D eigenvalue weighted by Gasteiger charge is 2.17. The number of rotatable bonds is 6. The Labute approximate surface area is 175 Å². The van der Waals surface area contributed by atoms with E-state index in [1.165, 1.54) is 11.3 Å². The van der Waals surface area contributed by atoms with Crippen LogP contribution in [0.15, 0.2) is 47.8 Å². The molecule has 0 aliphatic rings. The number of nitrogens with one attached hydrogen (secondary N) is 1. The number of benzene rings is 2. The Bertz CT molecular complexity index is 1010. The molecule has 0 saturated carbocycles. The van der Waals surface area contributed by atoms with Crippen LogP contribution in [-0.2, 0) is 16.6 Å². The average molecular weight is 411 g/mol. The van der Waals surface area contributed by atoms with Crippen molar-refractivity contribution in [3.63, 3.8) is 0 Å². The van der Waals surface area contributed by atoms with E-state index >= 15 is 0 Å². The van der Waals surface area contributed by atoms with Crippen molar-refractivity contribution >= 4 is 22.9 Å². The Hall–Kier alpha value is -2.86. The van der Waals surface area contributed by atoms with Crippen molar-refractivity contribution in [2.45, 2.75) is 39.5 Å². The number of aromatic nitrogens is 1. The molecule has 0 saturated heterocycles. The van der Waals surface area contributed by atoms with Crippen LogP contribution in [0.2, 0.25) is 0 Å². The van der Waals surface area contributed by atoms with Crippen LogP contribution in [-0.4, -0.2) is 22.6 Å². The van der Waals surface area contributed by atoms with E-state index in [9.17, 15) is 9.90 Å². The molecule has 0 unspecified atom stereocenters. The molecule has 2 N–H and O–H groups in total. The molecule has 29 heavy (non-hydrogen) atoms. The zero-order valence-electron chi connectivity index (χ0n) is 17.2. The number of amides is 1. The van der Waals surface area contributed by atoms with Crippen LogP contribution >= 0.6 is 11.3 Å². The summed E-state index contributed by atoms with van der Waals surface area (Å²) in [5.74, 6) is 0.613. The lowest BCUT2D eigenvalue weighted by Crippen LogP contribution is -2.16. The zero-order valence-corrected chi connectivity index (χ0v) is 18.0. The number of phenolic OH excluding ortho intramolecular Hbond substituents is 1. The third-order valence-corrected chi connectivity index (χ3v) is 5.37. The quantitative estimate of drug-likeness (QED) is 0.534. The summed E-state index contributed by atoms with van der Waals surface area (Å²) in [6.45, 7) is 8.78. The highest BCUT2D eigenvalue weighted by atomic mass is 32.1. The van der Waals surface area contributed by atoms with Crippen LogP contribution in [0.4, 0.5) is 5.69 Å². The van der Waals surface area contributed by atoms with Crippen molar-refractivity contribution in [2.24, 2.45) is 0 Å². The molecule has 0 atom stereocenters. The van der Waals surface area contributed by atoms with E-state index in [1.54, 1.807) is 6.07 Å². The topological polar surface area (TPSA) is 71.5 Å². The van der Waals surface area contributed by atoms with Gasteiger partial charge in [0, 0.05) is 5.38 Å². The molecule has 0 fully saturated rings. The second kappa shape index (κ2) is 8.66. The molecule has 3 aromatic rings. The van der Waals surface area contributed by atoms with Gasteiger partial charge in [0.25, 0.3) is 0 Å². The Morgan fingerprint density at radius 3 is 2.69 bits per heavy atom. The van der Waals surface area contributed by atoms with Crippen LogP contribution in [0.5, 0.6) is 11.5 Å². The summed E-state index contributed by atoms with van der Waals surface area (Å²) < 4.78 is 5.67. The standard InChI is InChI=1S/C23H26N2O3S/c1-5-28-20-9-7-6-8-17(20)22-24-16(14-29-22)13-21(27)25-18-12-15(23(2,3)4)10-11-19(18)26/h6-12,14,26H,5,13H2,1-4H3,(H,25,27). The van der Waals surface area contributed by atoms with Crippen molar-refractivity contribution in [2.75, 3.05) is 11.9 Å². The molecular formula is C23H26N2O3S. The Morgan fingerprint density at radius 2 is 1.97 bits per heavy atom. The molecule has 1 heterocycles. The second-order valence-electron chi connectivity index (χ2n) is 7.78. The molecule has 0 aliphatic heterocycles. The van der Waals surface area contributed by atoms with Gasteiger partial charge in [0.05, 0.1) is 30.0 Å². The predicted octanol–water partition coefficient (Wildman–Crippen LogP) is 5.39. The predicted molar refractivity (Wildman–Crippen MR) is 118 cm³/mol. The zero-order chi connectivity index (χ0) is 21.0. The number of anilines is 1. The summed E-state index contributed by atoms with van der Waals surface area (Å²) in [5, 5.41) is 15.6. The van der Waals surface area contributed by atoms with E-state index < -0.39 is 0 Å². The summed E-state index contributed by atoms with van der Waals surface area (Å²) in [6, 6.07) is 13.0. The third kappa shape index (κ3) is 5.15. The molecule has 1 amide bonds. The lowest BCUT2D eigenvalue weighted by Gasteiger charge is -2.20. The minimum atomic E-state index is -0.221. The number of aromatic hydroxyl groups is 1. The number of phenols is 1. The molecule has 152 valence electrons. The van der Waals surface area contributed by atoms with Crippen molar-refractivity contribution in [1.82, 2.24) is 4.98 Å². The summed E-state index contributed by atoms with van der Waals surface area (Å²) in [5.41, 5.74) is 2.97. The number of nitrogens with zero attached hydrogens (tertiary/aromatic N) is 1. The van der Waals surface area contributed by atoms with Crippen molar-refractivity contribution in [3.8, 4) is 22.1 Å². The Balaban J connectivity index is 1.73. The van der Waals surface area contributed by atoms with Gasteiger partial charge in [-0.15, -0.1) is 11.3 Å². The highest BCUT2D eigenvalue weighted by molar-refractivity contribution is 7.13. The number of carbonyl (C=O) groups excluding carboxylic acids is 1. The van der Waals surface area contributed by atoms with Gasteiger partial charge >= 0.3 is 0 Å². The number of para-hydroxylation sites is 1. The normalized spacial score (nSPS) is 11.3. The smallest absolute Gasteiger partial charge is 0.230 e. The van der Waals surface area contributed by atoms with Gasteiger partial charge in [-0.05, 0) is 42.2 Å². The van der Waals surface area contributed by atoms with Crippen LogP contribution < -0.4 is 10.1 Å². The lowest BCUT2D eigenvalue weighted by atomic mass is 9.87. The summed E-state index contributed by atoms with van der Waals surface area (Å²) in [6.07, 6.45) is 0.131. The lowest BCUT2D eigenvalue weighted by molar-refractivity contribution is -0.115. The first-order valence-corrected chi connectivity index (χ1v) is 10.5. The van der Waals surface area contributed by atoms with Crippen LogP contribution in [0.3, 0.4) is 0 Å². The molecule has 0 spiro atoms. The fraction of sp³-hybridized carbons (Fsp3) is 0.304. The molecule has 0 bridgehead atoms. The second-order valence-corrected chi connectivity index (χ2v) is 8.64. The molecular weight excluding hydrogens is 384 g/mol. The van der Waals surface area contributed by atoms with Gasteiger partial charge in [0.1, 0.15) is 16.5 Å². The van der Waals surface area contributed by atoms with Gasteiger partial charge < -0.3 is 15.2 Å². The van der Waals surface area contributed by atoms with Crippen molar-refractivity contribution in [1.29, 1.82) is 0 Å². The van der Waals surface area contributed by atoms with E-state index in [1.807, 2.05) is 48.7 Å². The average Bonchev–Trinajstić information content (AvgIpc) is 3.11. The Morgan fingerprint density at radius 1 is 1.21 bits per heavy atom. The summed E-state index contributed by atoms with van der Waals surface area (Å²) in [7, 11) is 0. The maximum Gasteiger partial charge on any atom is 0.230 e. The minimum Gasteiger partial charge on any atom is -0.506 e. The minimum absolute atomic E-state index is 0.0518. The number of thiazole rings is 1. The van der Waals surface area contributed by atoms with Gasteiger partial charge in [0.15, 0.2) is 0 Å². The van der Waals surface area contributed by atoms with E-state index in [2.05, 4.69) is 31.1 Å². The number of ether oxygens (including phenoxy) is 1. The van der Waals surface area contributed by atoms with E-state index in [-0.39, 0.29) is 23.5 Å². The first kappa shape index (κ1) is 20.9. The van der Waals surface area contributed by atoms with Crippen LogP contribution in [0.25, 0.3) is 10.6 Å². The number of carbonyl (C=O) groups is 1. The van der Waals surface area contributed by atoms with Crippen molar-refractivity contribution < 1.29 is 14.6 Å². The fourth-order valence-electron chi connectivity index (χ4n) is 2.90. The molecule has 6 heteroatoms. The summed E-state index contributed by atoms with van der Waals surface area (Å²) in [4.78, 5) is 17.1. The maximum absolute atomic E-state index is 12.5. The van der Waals surface area contributed by atoms with Crippen LogP contribution in [0, 0.1) is 0 Å². The third-order valence-electron chi connectivity index (χ3n) is 4.45. The first-order valence-electron chi connectivity index (χ1n) is 9.58.